The van der Waals surface area contributed by atoms with Gasteiger partial charge in [0.05, 0.1) is 6.54 Å². The third-order valence-corrected chi connectivity index (χ3v) is 3.40. The van der Waals surface area contributed by atoms with Crippen LogP contribution in [0.3, 0.4) is 0 Å². The van der Waals surface area contributed by atoms with Crippen molar-refractivity contribution in [3.8, 4) is 0 Å². The van der Waals surface area contributed by atoms with E-state index in [0.717, 1.165) is 45.7 Å². The lowest BCUT2D eigenvalue weighted by Gasteiger charge is -2.28. The molecule has 2 rings (SSSR count). The van der Waals surface area contributed by atoms with Crippen molar-refractivity contribution in [2.75, 3.05) is 59.5 Å². The minimum Gasteiger partial charge on any atom is -0.443 e. The van der Waals surface area contributed by atoms with Gasteiger partial charge in [-0.3, -0.25) is 4.90 Å². The predicted octanol–water partition coefficient (Wildman–Crippen LogP) is -0.251. The number of rotatable bonds is 6. The van der Waals surface area contributed by atoms with E-state index in [4.69, 9.17) is 9.47 Å². The van der Waals surface area contributed by atoms with E-state index in [1.54, 1.807) is 12.0 Å². The molecule has 0 bridgehead atoms. The third-order valence-electron chi connectivity index (χ3n) is 3.40. The molecule has 2 aliphatic rings. The largest absolute Gasteiger partial charge is 0.443 e. The Balaban J connectivity index is 1.70. The smallest absolute Gasteiger partial charge is 0.410 e. The van der Waals surface area contributed by atoms with Crippen LogP contribution >= 0.6 is 0 Å². The molecule has 1 atom stereocenters. The second-order valence-electron chi connectivity index (χ2n) is 4.85. The molecule has 104 valence electrons. The van der Waals surface area contributed by atoms with Crippen molar-refractivity contribution in [1.29, 1.82) is 0 Å². The Bertz CT molecular complexity index is 269. The highest BCUT2D eigenvalue weighted by molar-refractivity contribution is 5.69. The van der Waals surface area contributed by atoms with Gasteiger partial charge in [-0.15, -0.1) is 0 Å². The van der Waals surface area contributed by atoms with Crippen LogP contribution in [0.5, 0.6) is 0 Å². The lowest BCUT2D eigenvalue weighted by molar-refractivity contribution is 0.101. The van der Waals surface area contributed by atoms with E-state index in [1.807, 2.05) is 0 Å². The molecule has 1 amide bonds. The van der Waals surface area contributed by atoms with E-state index in [-0.39, 0.29) is 12.2 Å². The number of carbonyl (C=O) groups excluding carboxylic acids is 1. The summed E-state index contributed by atoms with van der Waals surface area (Å²) in [5.41, 5.74) is 0. The maximum absolute atomic E-state index is 11.7. The number of amides is 1. The summed E-state index contributed by atoms with van der Waals surface area (Å²) in [6.07, 6.45) is 0.718. The molecule has 0 aliphatic carbocycles. The van der Waals surface area contributed by atoms with Crippen molar-refractivity contribution in [3.63, 3.8) is 0 Å². The van der Waals surface area contributed by atoms with Crippen LogP contribution in [0.25, 0.3) is 0 Å². The van der Waals surface area contributed by atoms with Crippen molar-refractivity contribution >= 4 is 6.09 Å². The molecule has 0 spiro atoms. The Morgan fingerprint density at radius 1 is 1.44 bits per heavy atom. The normalized spacial score (nSPS) is 25.5. The zero-order chi connectivity index (χ0) is 12.8. The first-order valence-corrected chi connectivity index (χ1v) is 6.67. The molecule has 2 saturated heterocycles. The van der Waals surface area contributed by atoms with Crippen molar-refractivity contribution in [2.24, 2.45) is 0 Å². The fourth-order valence-electron chi connectivity index (χ4n) is 2.43. The number of ether oxygens (including phenoxy) is 2. The van der Waals surface area contributed by atoms with Crippen LogP contribution in [0, 0.1) is 0 Å². The number of methoxy groups -OCH3 is 1. The molecule has 2 heterocycles. The van der Waals surface area contributed by atoms with Gasteiger partial charge in [-0.1, -0.05) is 0 Å². The molecule has 0 aromatic heterocycles. The van der Waals surface area contributed by atoms with Crippen LogP contribution in [0.1, 0.15) is 6.42 Å². The SMILES string of the molecule is COCCCN1CC(CN2CCNCC2)OC1=O. The maximum Gasteiger partial charge on any atom is 0.410 e. The molecule has 1 unspecified atom stereocenters. The molecule has 0 radical (unpaired) electrons. The highest BCUT2D eigenvalue weighted by Crippen LogP contribution is 2.13. The van der Waals surface area contributed by atoms with Crippen LogP contribution in [-0.2, 0) is 9.47 Å². The van der Waals surface area contributed by atoms with Gasteiger partial charge in [0.1, 0.15) is 6.10 Å². The van der Waals surface area contributed by atoms with Gasteiger partial charge >= 0.3 is 6.09 Å². The molecule has 2 aliphatic heterocycles. The van der Waals surface area contributed by atoms with Crippen LogP contribution in [-0.4, -0.2) is 81.5 Å². The molecule has 0 aromatic carbocycles. The number of hydrogen-bond acceptors (Lipinski definition) is 5. The minimum atomic E-state index is -0.175. The zero-order valence-corrected chi connectivity index (χ0v) is 11.1. The highest BCUT2D eigenvalue weighted by Gasteiger charge is 2.32. The van der Waals surface area contributed by atoms with Gasteiger partial charge in [0, 0.05) is 53.0 Å². The summed E-state index contributed by atoms with van der Waals surface area (Å²) in [5.74, 6) is 0. The fourth-order valence-corrected chi connectivity index (χ4v) is 2.43. The molecule has 1 N–H and O–H groups in total. The van der Waals surface area contributed by atoms with Crippen molar-refractivity contribution in [3.05, 3.63) is 0 Å². The van der Waals surface area contributed by atoms with Gasteiger partial charge in [-0.25, -0.2) is 4.79 Å². The summed E-state index contributed by atoms with van der Waals surface area (Å²) in [5, 5.41) is 3.32. The van der Waals surface area contributed by atoms with E-state index in [0.29, 0.717) is 13.2 Å². The Kier molecular flexibility index (Phi) is 5.22. The predicted molar refractivity (Wildman–Crippen MR) is 67.6 cm³/mol. The highest BCUT2D eigenvalue weighted by atomic mass is 16.6. The van der Waals surface area contributed by atoms with Crippen LogP contribution in [0.15, 0.2) is 0 Å². The second kappa shape index (κ2) is 6.92. The summed E-state index contributed by atoms with van der Waals surface area (Å²) < 4.78 is 10.4. The molecule has 6 nitrogen and oxygen atoms in total. The van der Waals surface area contributed by atoms with Gasteiger partial charge in [0.25, 0.3) is 0 Å². The van der Waals surface area contributed by atoms with E-state index in [9.17, 15) is 4.79 Å². The standard InChI is InChI=1S/C12H23N3O3/c1-17-8-2-5-15-10-11(18-12(15)16)9-14-6-3-13-4-7-14/h11,13H,2-10H2,1H3. The lowest BCUT2D eigenvalue weighted by atomic mass is 10.2. The Morgan fingerprint density at radius 2 is 2.22 bits per heavy atom. The zero-order valence-electron chi connectivity index (χ0n) is 11.1. The fraction of sp³-hybridized carbons (Fsp3) is 0.917. The summed E-state index contributed by atoms with van der Waals surface area (Å²) in [6, 6.07) is 0. The van der Waals surface area contributed by atoms with Gasteiger partial charge < -0.3 is 19.7 Å². The van der Waals surface area contributed by atoms with E-state index in [1.165, 1.54) is 0 Å². The number of nitrogens with zero attached hydrogens (tertiary/aromatic N) is 2. The summed E-state index contributed by atoms with van der Waals surface area (Å²) in [7, 11) is 1.68. The monoisotopic (exact) mass is 257 g/mol. The lowest BCUT2D eigenvalue weighted by Crippen LogP contribution is -2.46. The average molecular weight is 257 g/mol. The van der Waals surface area contributed by atoms with E-state index < -0.39 is 0 Å². The molecular formula is C12H23N3O3. The third kappa shape index (κ3) is 3.83. The molecule has 2 fully saturated rings. The molecule has 0 saturated carbocycles. The quantitative estimate of drug-likeness (QED) is 0.665. The topological polar surface area (TPSA) is 54.0 Å². The van der Waals surface area contributed by atoms with Crippen molar-refractivity contribution in [2.45, 2.75) is 12.5 Å². The number of piperazine rings is 1. The summed E-state index contributed by atoms with van der Waals surface area (Å²) in [4.78, 5) is 15.8. The van der Waals surface area contributed by atoms with Gasteiger partial charge in [0.2, 0.25) is 0 Å². The second-order valence-corrected chi connectivity index (χ2v) is 4.85. The molecule has 18 heavy (non-hydrogen) atoms. The maximum atomic E-state index is 11.7. The Hall–Kier alpha value is -0.850. The molecular weight excluding hydrogens is 234 g/mol. The van der Waals surface area contributed by atoms with E-state index >= 15 is 0 Å². The van der Waals surface area contributed by atoms with Crippen LogP contribution in [0.4, 0.5) is 4.79 Å². The first kappa shape index (κ1) is 13.6. The number of carbonyl (C=O) groups is 1. The first-order valence-electron chi connectivity index (χ1n) is 6.67. The number of nitrogens with one attached hydrogen (secondary N) is 1. The number of hydrogen-bond donors (Lipinski definition) is 1. The Labute approximate surface area is 108 Å². The van der Waals surface area contributed by atoms with Crippen molar-refractivity contribution in [1.82, 2.24) is 15.1 Å². The van der Waals surface area contributed by atoms with Crippen LogP contribution in [0.2, 0.25) is 0 Å². The number of cyclic esters (lactones) is 1. The molecule has 0 aromatic rings. The minimum absolute atomic E-state index is 0.0261. The van der Waals surface area contributed by atoms with Gasteiger partial charge in [0.15, 0.2) is 0 Å². The summed E-state index contributed by atoms with van der Waals surface area (Å²) >= 11 is 0. The average Bonchev–Trinajstić information content (AvgIpc) is 2.71. The van der Waals surface area contributed by atoms with Gasteiger partial charge in [-0.2, -0.15) is 0 Å². The Morgan fingerprint density at radius 3 is 2.94 bits per heavy atom. The summed E-state index contributed by atoms with van der Waals surface area (Å²) in [6.45, 7) is 7.11. The van der Waals surface area contributed by atoms with E-state index in [2.05, 4.69) is 10.2 Å². The molecule has 6 heteroatoms. The van der Waals surface area contributed by atoms with Crippen LogP contribution < -0.4 is 5.32 Å². The van der Waals surface area contributed by atoms with Gasteiger partial charge in [-0.05, 0) is 6.42 Å². The first-order chi connectivity index (χ1) is 8.79. The van der Waals surface area contributed by atoms with Crippen molar-refractivity contribution < 1.29 is 14.3 Å².